The van der Waals surface area contributed by atoms with Crippen molar-refractivity contribution in [3.05, 3.63) is 63.6 Å². The molecule has 0 bridgehead atoms. The van der Waals surface area contributed by atoms with Crippen molar-refractivity contribution in [3.63, 3.8) is 0 Å². The number of hydrogen-bond donors (Lipinski definition) is 2. The van der Waals surface area contributed by atoms with Crippen LogP contribution in [-0.4, -0.2) is 6.04 Å². The second-order valence-electron chi connectivity index (χ2n) is 5.95. The van der Waals surface area contributed by atoms with E-state index in [9.17, 15) is 0 Å². The van der Waals surface area contributed by atoms with Gasteiger partial charge >= 0.3 is 0 Å². The quantitative estimate of drug-likeness (QED) is 0.814. The number of fused-ring (bicyclic) bond motifs is 1. The minimum absolute atomic E-state index is 0.458. The van der Waals surface area contributed by atoms with E-state index in [1.807, 2.05) is 6.07 Å². The molecule has 21 heavy (non-hydrogen) atoms. The molecule has 0 heterocycles. The summed E-state index contributed by atoms with van der Waals surface area (Å²) in [6.07, 6.45) is 3.35. The van der Waals surface area contributed by atoms with Gasteiger partial charge in [0.05, 0.1) is 0 Å². The lowest BCUT2D eigenvalue weighted by Crippen LogP contribution is -2.31. The van der Waals surface area contributed by atoms with Gasteiger partial charge in [0, 0.05) is 22.2 Å². The summed E-state index contributed by atoms with van der Waals surface area (Å²) in [5.41, 5.74) is 10.9. The first kappa shape index (κ1) is 14.6. The van der Waals surface area contributed by atoms with Crippen molar-refractivity contribution in [2.75, 3.05) is 5.73 Å². The van der Waals surface area contributed by atoms with E-state index in [4.69, 9.17) is 5.73 Å². The van der Waals surface area contributed by atoms with Gasteiger partial charge in [-0.05, 0) is 67.1 Å². The number of nitrogen functional groups attached to an aromatic ring is 1. The van der Waals surface area contributed by atoms with Crippen LogP contribution in [0.2, 0.25) is 0 Å². The van der Waals surface area contributed by atoms with Crippen LogP contribution in [0.4, 0.5) is 5.69 Å². The highest BCUT2D eigenvalue weighted by Gasteiger charge is 2.23. The summed E-state index contributed by atoms with van der Waals surface area (Å²) in [5.74, 6) is 0. The van der Waals surface area contributed by atoms with Crippen LogP contribution < -0.4 is 11.1 Å². The number of nitrogens with one attached hydrogen (secondary N) is 1. The Balaban J connectivity index is 1.64. The molecule has 2 nitrogen and oxygen atoms in total. The van der Waals surface area contributed by atoms with Crippen LogP contribution in [0.25, 0.3) is 0 Å². The van der Waals surface area contributed by atoms with E-state index in [0.717, 1.165) is 23.0 Å². The van der Waals surface area contributed by atoms with Crippen molar-refractivity contribution in [1.82, 2.24) is 5.32 Å². The van der Waals surface area contributed by atoms with Gasteiger partial charge in [-0.15, -0.1) is 0 Å². The third kappa shape index (κ3) is 3.47. The molecule has 3 N–H and O–H groups in total. The number of hydrogen-bond acceptors (Lipinski definition) is 2. The summed E-state index contributed by atoms with van der Waals surface area (Å²) in [6.45, 7) is 2.26. The largest absolute Gasteiger partial charge is 0.399 e. The number of nitrogens with two attached hydrogens (primary N) is 1. The highest BCUT2D eigenvalue weighted by Crippen LogP contribution is 2.32. The molecule has 0 saturated carbocycles. The first-order valence-corrected chi connectivity index (χ1v) is 8.30. The molecule has 2 aromatic rings. The van der Waals surface area contributed by atoms with Gasteiger partial charge in [0.1, 0.15) is 0 Å². The van der Waals surface area contributed by atoms with E-state index in [1.54, 1.807) is 0 Å². The van der Waals surface area contributed by atoms with Crippen molar-refractivity contribution < 1.29 is 0 Å². The first-order valence-electron chi connectivity index (χ1n) is 7.50. The van der Waals surface area contributed by atoms with E-state index in [1.165, 1.54) is 23.1 Å². The maximum Gasteiger partial charge on any atom is 0.0328 e. The van der Waals surface area contributed by atoms with E-state index in [2.05, 4.69) is 64.6 Å². The van der Waals surface area contributed by atoms with E-state index in [0.29, 0.717) is 12.1 Å². The van der Waals surface area contributed by atoms with Crippen LogP contribution in [0.15, 0.2) is 46.9 Å². The highest BCUT2D eigenvalue weighted by molar-refractivity contribution is 9.10. The standard InChI is InChI=1S/C18H21BrN2/c1-12(10-13-2-5-15(19)6-3-13)21-18-9-4-14-11-16(20)7-8-17(14)18/h2-3,5-8,11-12,18,21H,4,9-10,20H2,1H3. The third-order valence-electron chi connectivity index (χ3n) is 4.19. The first-order chi connectivity index (χ1) is 10.1. The van der Waals surface area contributed by atoms with Crippen LogP contribution in [0.3, 0.4) is 0 Å². The molecule has 2 aromatic carbocycles. The Morgan fingerprint density at radius 2 is 2.00 bits per heavy atom. The van der Waals surface area contributed by atoms with Crippen molar-refractivity contribution in [2.24, 2.45) is 0 Å². The van der Waals surface area contributed by atoms with Crippen LogP contribution >= 0.6 is 15.9 Å². The summed E-state index contributed by atoms with van der Waals surface area (Å²) in [6, 6.07) is 15.8. The molecule has 2 atom stereocenters. The number of rotatable bonds is 4. The fourth-order valence-electron chi connectivity index (χ4n) is 3.19. The zero-order valence-electron chi connectivity index (χ0n) is 12.3. The molecular weight excluding hydrogens is 324 g/mol. The molecule has 0 aromatic heterocycles. The van der Waals surface area contributed by atoms with Crippen LogP contribution in [0.1, 0.15) is 36.1 Å². The lowest BCUT2D eigenvalue weighted by Gasteiger charge is -2.20. The van der Waals surface area contributed by atoms with E-state index >= 15 is 0 Å². The zero-order chi connectivity index (χ0) is 14.8. The molecule has 0 fully saturated rings. The molecule has 3 rings (SSSR count). The SMILES string of the molecule is CC(Cc1ccc(Br)cc1)NC1CCc2cc(N)ccc21. The second-order valence-corrected chi connectivity index (χ2v) is 6.86. The molecule has 1 aliphatic carbocycles. The van der Waals surface area contributed by atoms with Crippen molar-refractivity contribution in [3.8, 4) is 0 Å². The van der Waals surface area contributed by atoms with E-state index < -0.39 is 0 Å². The van der Waals surface area contributed by atoms with E-state index in [-0.39, 0.29) is 0 Å². The Kier molecular flexibility index (Phi) is 4.32. The van der Waals surface area contributed by atoms with Gasteiger partial charge < -0.3 is 11.1 Å². The Hall–Kier alpha value is -1.32. The van der Waals surface area contributed by atoms with Gasteiger partial charge in [0.25, 0.3) is 0 Å². The average Bonchev–Trinajstić information content (AvgIpc) is 2.83. The maximum absolute atomic E-state index is 5.87. The topological polar surface area (TPSA) is 38.0 Å². The summed E-state index contributed by atoms with van der Waals surface area (Å²) >= 11 is 3.48. The Labute approximate surface area is 134 Å². The highest BCUT2D eigenvalue weighted by atomic mass is 79.9. The Morgan fingerprint density at radius 3 is 2.76 bits per heavy atom. The minimum atomic E-state index is 0.458. The summed E-state index contributed by atoms with van der Waals surface area (Å²) in [7, 11) is 0. The Bertz CT molecular complexity index is 622. The molecule has 0 spiro atoms. The number of benzene rings is 2. The maximum atomic E-state index is 5.87. The zero-order valence-corrected chi connectivity index (χ0v) is 13.9. The predicted octanol–water partition coefficient (Wildman–Crippen LogP) is 4.24. The third-order valence-corrected chi connectivity index (χ3v) is 4.71. The molecule has 3 heteroatoms. The Morgan fingerprint density at radius 1 is 1.24 bits per heavy atom. The lowest BCUT2D eigenvalue weighted by atomic mass is 10.0. The monoisotopic (exact) mass is 344 g/mol. The second kappa shape index (κ2) is 6.20. The fraction of sp³-hybridized carbons (Fsp3) is 0.333. The van der Waals surface area contributed by atoms with Gasteiger partial charge in [-0.25, -0.2) is 0 Å². The lowest BCUT2D eigenvalue weighted by molar-refractivity contribution is 0.451. The van der Waals surface area contributed by atoms with Gasteiger partial charge in [-0.2, -0.15) is 0 Å². The summed E-state index contributed by atoms with van der Waals surface area (Å²) < 4.78 is 1.13. The van der Waals surface area contributed by atoms with Crippen LogP contribution in [-0.2, 0) is 12.8 Å². The summed E-state index contributed by atoms with van der Waals surface area (Å²) in [4.78, 5) is 0. The molecule has 0 aliphatic heterocycles. The summed E-state index contributed by atoms with van der Waals surface area (Å²) in [5, 5.41) is 3.77. The molecular formula is C18H21BrN2. The number of aryl methyl sites for hydroxylation is 1. The smallest absolute Gasteiger partial charge is 0.0328 e. The normalized spacial score (nSPS) is 18.5. The van der Waals surface area contributed by atoms with Crippen molar-refractivity contribution in [2.45, 2.75) is 38.3 Å². The average molecular weight is 345 g/mol. The van der Waals surface area contributed by atoms with Gasteiger partial charge in [0.15, 0.2) is 0 Å². The van der Waals surface area contributed by atoms with Crippen LogP contribution in [0, 0.1) is 0 Å². The minimum Gasteiger partial charge on any atom is -0.399 e. The number of anilines is 1. The molecule has 0 saturated heterocycles. The molecule has 110 valence electrons. The van der Waals surface area contributed by atoms with Crippen LogP contribution in [0.5, 0.6) is 0 Å². The van der Waals surface area contributed by atoms with Gasteiger partial charge in [0.2, 0.25) is 0 Å². The molecule has 2 unspecified atom stereocenters. The van der Waals surface area contributed by atoms with Gasteiger partial charge in [-0.3, -0.25) is 0 Å². The molecule has 1 aliphatic rings. The van der Waals surface area contributed by atoms with Crippen molar-refractivity contribution in [1.29, 1.82) is 0 Å². The molecule has 0 amide bonds. The predicted molar refractivity (Wildman–Crippen MR) is 92.4 cm³/mol. The number of halogens is 1. The fourth-order valence-corrected chi connectivity index (χ4v) is 3.45. The van der Waals surface area contributed by atoms with Gasteiger partial charge in [-0.1, -0.05) is 34.1 Å². The molecule has 0 radical (unpaired) electrons. The van der Waals surface area contributed by atoms with Crippen molar-refractivity contribution >= 4 is 21.6 Å².